The molecule has 0 bridgehead atoms. The molecule has 24 heavy (non-hydrogen) atoms. The summed E-state index contributed by atoms with van der Waals surface area (Å²) in [4.78, 5) is 14.2. The van der Waals surface area contributed by atoms with E-state index in [9.17, 15) is 14.3 Å². The van der Waals surface area contributed by atoms with Crippen LogP contribution in [0.15, 0.2) is 48.5 Å². The normalized spacial score (nSPS) is 15.0. The molecule has 6 heteroatoms. The molecule has 2 N–H and O–H groups in total. The Balaban J connectivity index is 1.70. The SMILES string of the molecule is O=C(Nc1ccc(F)cc1Cl)N(C[C@H](O)c1ccccc1)C1CC1. The van der Waals surface area contributed by atoms with Gasteiger partial charge in [0.1, 0.15) is 5.82 Å². The van der Waals surface area contributed by atoms with Crippen molar-refractivity contribution < 1.29 is 14.3 Å². The van der Waals surface area contributed by atoms with Crippen LogP contribution in [0.5, 0.6) is 0 Å². The van der Waals surface area contributed by atoms with E-state index >= 15 is 0 Å². The van der Waals surface area contributed by atoms with E-state index in [4.69, 9.17) is 11.6 Å². The van der Waals surface area contributed by atoms with E-state index in [1.807, 2.05) is 30.3 Å². The number of amides is 2. The lowest BCUT2D eigenvalue weighted by molar-refractivity contribution is 0.123. The van der Waals surface area contributed by atoms with Crippen LogP contribution in [0.1, 0.15) is 24.5 Å². The number of hydrogen-bond donors (Lipinski definition) is 2. The molecule has 2 amide bonds. The first kappa shape index (κ1) is 16.7. The summed E-state index contributed by atoms with van der Waals surface area (Å²) in [5.41, 5.74) is 1.11. The number of carbonyl (C=O) groups excluding carboxylic acids is 1. The third-order valence-electron chi connectivity index (χ3n) is 3.98. The molecule has 0 aromatic heterocycles. The fourth-order valence-corrected chi connectivity index (χ4v) is 2.74. The molecule has 0 saturated heterocycles. The first-order chi connectivity index (χ1) is 11.5. The van der Waals surface area contributed by atoms with Crippen molar-refractivity contribution in [3.8, 4) is 0 Å². The molecule has 0 aliphatic heterocycles. The molecular weight excluding hydrogens is 331 g/mol. The van der Waals surface area contributed by atoms with Crippen LogP contribution in [0.3, 0.4) is 0 Å². The van der Waals surface area contributed by atoms with E-state index in [1.165, 1.54) is 12.1 Å². The van der Waals surface area contributed by atoms with Gasteiger partial charge in [0, 0.05) is 6.04 Å². The fraction of sp³-hybridized carbons (Fsp3) is 0.278. The van der Waals surface area contributed by atoms with Crippen LogP contribution in [0, 0.1) is 5.82 Å². The van der Waals surface area contributed by atoms with Crippen LogP contribution in [-0.2, 0) is 0 Å². The average Bonchev–Trinajstić information content (AvgIpc) is 3.40. The first-order valence-corrected chi connectivity index (χ1v) is 8.18. The number of rotatable bonds is 5. The van der Waals surface area contributed by atoms with Crippen molar-refractivity contribution in [2.24, 2.45) is 0 Å². The summed E-state index contributed by atoms with van der Waals surface area (Å²) in [5, 5.41) is 13.2. The third-order valence-corrected chi connectivity index (χ3v) is 4.29. The molecule has 1 fully saturated rings. The predicted molar refractivity (Wildman–Crippen MR) is 91.6 cm³/mol. The van der Waals surface area contributed by atoms with Crippen molar-refractivity contribution in [2.75, 3.05) is 11.9 Å². The van der Waals surface area contributed by atoms with Crippen molar-refractivity contribution in [1.29, 1.82) is 0 Å². The second kappa shape index (κ2) is 7.20. The van der Waals surface area contributed by atoms with Crippen LogP contribution < -0.4 is 5.32 Å². The Hall–Kier alpha value is -2.11. The van der Waals surface area contributed by atoms with Gasteiger partial charge in [-0.05, 0) is 36.6 Å². The topological polar surface area (TPSA) is 52.6 Å². The lowest BCUT2D eigenvalue weighted by atomic mass is 10.1. The Morgan fingerprint density at radius 3 is 2.62 bits per heavy atom. The van der Waals surface area contributed by atoms with Gasteiger partial charge in [-0.15, -0.1) is 0 Å². The summed E-state index contributed by atoms with van der Waals surface area (Å²) in [6.45, 7) is 0.194. The average molecular weight is 349 g/mol. The van der Waals surface area contributed by atoms with E-state index in [1.54, 1.807) is 4.90 Å². The molecule has 1 atom stereocenters. The zero-order chi connectivity index (χ0) is 17.1. The molecular formula is C18H18ClFN2O2. The number of urea groups is 1. The zero-order valence-corrected chi connectivity index (χ0v) is 13.7. The minimum absolute atomic E-state index is 0.114. The van der Waals surface area contributed by atoms with Gasteiger partial charge in [0.25, 0.3) is 0 Å². The molecule has 3 rings (SSSR count). The summed E-state index contributed by atoms with van der Waals surface area (Å²) in [6.07, 6.45) is 1.05. The number of nitrogens with zero attached hydrogens (tertiary/aromatic N) is 1. The summed E-state index contributed by atoms with van der Waals surface area (Å²) in [5.74, 6) is -0.462. The maximum absolute atomic E-state index is 13.1. The van der Waals surface area contributed by atoms with Gasteiger partial charge >= 0.3 is 6.03 Å². The Bertz CT molecular complexity index is 722. The molecule has 0 spiro atoms. The highest BCUT2D eigenvalue weighted by Gasteiger charge is 2.34. The number of halogens is 2. The van der Waals surface area contributed by atoms with Gasteiger partial charge in [0.2, 0.25) is 0 Å². The van der Waals surface area contributed by atoms with Crippen molar-refractivity contribution in [3.63, 3.8) is 0 Å². The van der Waals surface area contributed by atoms with Crippen LogP contribution >= 0.6 is 11.6 Å². The number of carbonyl (C=O) groups is 1. The molecule has 0 heterocycles. The van der Waals surface area contributed by atoms with E-state index in [-0.39, 0.29) is 23.6 Å². The quantitative estimate of drug-likeness (QED) is 0.850. The second-order valence-electron chi connectivity index (χ2n) is 5.86. The van der Waals surface area contributed by atoms with Crippen molar-refractivity contribution >= 4 is 23.3 Å². The predicted octanol–water partition coefficient (Wildman–Crippen LogP) is 4.21. The highest BCUT2D eigenvalue weighted by atomic mass is 35.5. The first-order valence-electron chi connectivity index (χ1n) is 7.80. The van der Waals surface area contributed by atoms with Crippen LogP contribution in [0.4, 0.5) is 14.9 Å². The van der Waals surface area contributed by atoms with E-state index in [0.29, 0.717) is 5.69 Å². The minimum Gasteiger partial charge on any atom is -0.387 e. The van der Waals surface area contributed by atoms with Gasteiger partial charge in [-0.2, -0.15) is 0 Å². The number of nitrogens with one attached hydrogen (secondary N) is 1. The highest BCUT2D eigenvalue weighted by Crippen LogP contribution is 2.30. The van der Waals surface area contributed by atoms with Gasteiger partial charge < -0.3 is 15.3 Å². The lowest BCUT2D eigenvalue weighted by Gasteiger charge is -2.26. The smallest absolute Gasteiger partial charge is 0.322 e. The summed E-state index contributed by atoms with van der Waals surface area (Å²) < 4.78 is 13.1. The molecule has 2 aromatic carbocycles. The second-order valence-corrected chi connectivity index (χ2v) is 6.27. The van der Waals surface area contributed by atoms with E-state index < -0.39 is 11.9 Å². The number of aliphatic hydroxyl groups is 1. The summed E-state index contributed by atoms with van der Waals surface area (Å²) >= 11 is 5.95. The Morgan fingerprint density at radius 2 is 2.00 bits per heavy atom. The van der Waals surface area contributed by atoms with Crippen LogP contribution in [0.25, 0.3) is 0 Å². The third kappa shape index (κ3) is 4.04. The largest absolute Gasteiger partial charge is 0.387 e. The van der Waals surface area contributed by atoms with Crippen LogP contribution in [-0.4, -0.2) is 28.6 Å². The standard InChI is InChI=1S/C18H18ClFN2O2/c19-15-10-13(20)6-9-16(15)21-18(24)22(14-7-8-14)11-17(23)12-4-2-1-3-5-12/h1-6,9-10,14,17,23H,7-8,11H2,(H,21,24)/t17-/m0/s1. The highest BCUT2D eigenvalue weighted by molar-refractivity contribution is 6.33. The van der Waals surface area contributed by atoms with Gasteiger partial charge in [-0.1, -0.05) is 41.9 Å². The van der Waals surface area contributed by atoms with Gasteiger partial charge in [-0.25, -0.2) is 9.18 Å². The maximum atomic E-state index is 13.1. The van der Waals surface area contributed by atoms with Crippen molar-refractivity contribution in [2.45, 2.75) is 25.0 Å². The lowest BCUT2D eigenvalue weighted by Crippen LogP contribution is -2.39. The summed E-state index contributed by atoms with van der Waals surface area (Å²) in [6, 6.07) is 12.8. The van der Waals surface area contributed by atoms with E-state index in [0.717, 1.165) is 24.5 Å². The zero-order valence-electron chi connectivity index (χ0n) is 13.0. The van der Waals surface area contributed by atoms with E-state index in [2.05, 4.69) is 5.32 Å². The molecule has 0 radical (unpaired) electrons. The van der Waals surface area contributed by atoms with Crippen molar-refractivity contribution in [3.05, 3.63) is 64.9 Å². The molecule has 1 aliphatic rings. The molecule has 2 aromatic rings. The van der Waals surface area contributed by atoms with Gasteiger partial charge in [0.05, 0.1) is 23.4 Å². The number of anilines is 1. The molecule has 0 unspecified atom stereocenters. The Labute approximate surface area is 144 Å². The molecule has 126 valence electrons. The van der Waals surface area contributed by atoms with Gasteiger partial charge in [-0.3, -0.25) is 0 Å². The Morgan fingerprint density at radius 1 is 1.29 bits per heavy atom. The number of aliphatic hydroxyl groups excluding tert-OH is 1. The molecule has 1 aliphatic carbocycles. The van der Waals surface area contributed by atoms with Crippen molar-refractivity contribution in [1.82, 2.24) is 4.90 Å². The number of benzene rings is 2. The fourth-order valence-electron chi connectivity index (χ4n) is 2.53. The monoisotopic (exact) mass is 348 g/mol. The minimum atomic E-state index is -0.763. The van der Waals surface area contributed by atoms with Gasteiger partial charge in [0.15, 0.2) is 0 Å². The molecule has 1 saturated carbocycles. The number of hydrogen-bond acceptors (Lipinski definition) is 2. The molecule has 4 nitrogen and oxygen atoms in total. The maximum Gasteiger partial charge on any atom is 0.322 e. The Kier molecular flexibility index (Phi) is 5.02. The summed E-state index contributed by atoms with van der Waals surface area (Å²) in [7, 11) is 0. The van der Waals surface area contributed by atoms with Crippen LogP contribution in [0.2, 0.25) is 5.02 Å².